The molecule has 0 unspecified atom stereocenters. The monoisotopic (exact) mass is 386 g/mol. The van der Waals surface area contributed by atoms with Crippen LogP contribution in [0, 0.1) is 0 Å². The van der Waals surface area contributed by atoms with E-state index in [2.05, 4.69) is 5.32 Å². The molecule has 148 valence electrons. The minimum absolute atomic E-state index is 0.112. The molecule has 0 aliphatic heterocycles. The smallest absolute Gasteiger partial charge is 0.306 e. The van der Waals surface area contributed by atoms with Crippen molar-refractivity contribution in [2.45, 2.75) is 12.8 Å². The summed E-state index contributed by atoms with van der Waals surface area (Å²) in [6.07, 6.45) is 0.554. The molecular formula is C20H22N2O6. The zero-order valence-corrected chi connectivity index (χ0v) is 15.5. The number of carbonyl (C=O) groups excluding carboxylic acids is 3. The number of benzene rings is 2. The third-order valence-corrected chi connectivity index (χ3v) is 3.68. The van der Waals surface area contributed by atoms with E-state index in [0.717, 1.165) is 5.75 Å². The quantitative estimate of drug-likeness (QED) is 0.477. The molecule has 28 heavy (non-hydrogen) atoms. The number of rotatable bonds is 10. The van der Waals surface area contributed by atoms with Gasteiger partial charge in [-0.1, -0.05) is 12.1 Å². The number of anilines is 1. The number of hydrogen-bond acceptors (Lipinski definition) is 6. The first-order valence-electron chi connectivity index (χ1n) is 8.60. The number of nitrogens with two attached hydrogens (primary N) is 1. The molecule has 0 fully saturated rings. The molecule has 0 heterocycles. The molecule has 2 amide bonds. The van der Waals surface area contributed by atoms with Crippen LogP contribution in [0.1, 0.15) is 23.2 Å². The summed E-state index contributed by atoms with van der Waals surface area (Å²) in [5.74, 6) is -0.340. The Kier molecular flexibility index (Phi) is 7.83. The standard InChI is InChI=1S/C20H22N2O6/c1-26-14-8-10-15(11-9-14)27-12-4-7-19(24)28-13-18(23)22-17-6-3-2-5-16(17)20(21)25/h2-3,5-6,8-11H,4,7,12-13H2,1H3,(H2,21,25)(H,22,23). The average molecular weight is 386 g/mol. The number of hydrogen-bond donors (Lipinski definition) is 2. The normalized spacial score (nSPS) is 10.0. The molecule has 8 nitrogen and oxygen atoms in total. The van der Waals surface area contributed by atoms with Crippen LogP contribution in [-0.2, 0) is 14.3 Å². The van der Waals surface area contributed by atoms with E-state index < -0.39 is 24.4 Å². The van der Waals surface area contributed by atoms with Gasteiger partial charge in [-0.05, 0) is 42.8 Å². The number of carbonyl (C=O) groups is 3. The number of para-hydroxylation sites is 1. The molecule has 8 heteroatoms. The Hall–Kier alpha value is -3.55. The highest BCUT2D eigenvalue weighted by molar-refractivity contribution is 6.03. The van der Waals surface area contributed by atoms with Crippen molar-refractivity contribution < 1.29 is 28.6 Å². The van der Waals surface area contributed by atoms with Gasteiger partial charge in [0, 0.05) is 6.42 Å². The Morgan fingerprint density at radius 1 is 1.00 bits per heavy atom. The van der Waals surface area contributed by atoms with Crippen LogP contribution in [0.4, 0.5) is 5.69 Å². The van der Waals surface area contributed by atoms with E-state index in [-0.39, 0.29) is 17.7 Å². The molecule has 0 saturated heterocycles. The minimum Gasteiger partial charge on any atom is -0.497 e. The first-order valence-corrected chi connectivity index (χ1v) is 8.60. The Balaban J connectivity index is 1.66. The maximum atomic E-state index is 11.9. The molecule has 2 rings (SSSR count). The lowest BCUT2D eigenvalue weighted by molar-refractivity contribution is -0.147. The Labute approximate surface area is 162 Å². The fourth-order valence-electron chi connectivity index (χ4n) is 2.29. The zero-order chi connectivity index (χ0) is 20.4. The molecule has 0 radical (unpaired) electrons. The summed E-state index contributed by atoms with van der Waals surface area (Å²) in [7, 11) is 1.58. The van der Waals surface area contributed by atoms with Gasteiger partial charge in [0.2, 0.25) is 0 Å². The van der Waals surface area contributed by atoms with Crippen LogP contribution >= 0.6 is 0 Å². The van der Waals surface area contributed by atoms with Gasteiger partial charge in [-0.25, -0.2) is 0 Å². The molecule has 0 aliphatic carbocycles. The molecule has 2 aromatic carbocycles. The van der Waals surface area contributed by atoms with E-state index in [1.165, 1.54) is 12.1 Å². The first-order chi connectivity index (χ1) is 13.5. The van der Waals surface area contributed by atoms with E-state index in [1.807, 2.05) is 0 Å². The third kappa shape index (κ3) is 6.64. The Bertz CT molecular complexity index is 820. The zero-order valence-electron chi connectivity index (χ0n) is 15.5. The van der Waals surface area contributed by atoms with Crippen molar-refractivity contribution in [3.05, 3.63) is 54.1 Å². The van der Waals surface area contributed by atoms with Crippen molar-refractivity contribution in [3.8, 4) is 11.5 Å². The van der Waals surface area contributed by atoms with Gasteiger partial charge in [0.15, 0.2) is 6.61 Å². The summed E-state index contributed by atoms with van der Waals surface area (Å²) in [6, 6.07) is 13.4. The minimum atomic E-state index is -0.662. The summed E-state index contributed by atoms with van der Waals surface area (Å²) in [5, 5.41) is 2.49. The molecule has 0 bridgehead atoms. The summed E-state index contributed by atoms with van der Waals surface area (Å²) >= 11 is 0. The fraction of sp³-hybridized carbons (Fsp3) is 0.250. The molecule has 0 aliphatic rings. The number of nitrogens with one attached hydrogen (secondary N) is 1. The maximum Gasteiger partial charge on any atom is 0.306 e. The van der Waals surface area contributed by atoms with Crippen molar-refractivity contribution in [1.82, 2.24) is 0 Å². The van der Waals surface area contributed by atoms with Gasteiger partial charge < -0.3 is 25.3 Å². The SMILES string of the molecule is COc1ccc(OCCCC(=O)OCC(=O)Nc2ccccc2C(N)=O)cc1. The number of amides is 2. The van der Waals surface area contributed by atoms with E-state index in [1.54, 1.807) is 43.5 Å². The van der Waals surface area contributed by atoms with Crippen LogP contribution in [-0.4, -0.2) is 38.1 Å². The van der Waals surface area contributed by atoms with Gasteiger partial charge in [0.05, 0.1) is 25.0 Å². The number of ether oxygens (including phenoxy) is 3. The predicted molar refractivity (Wildman–Crippen MR) is 102 cm³/mol. The number of primary amides is 1. The second-order valence-corrected chi connectivity index (χ2v) is 5.75. The summed E-state index contributed by atoms with van der Waals surface area (Å²) in [5.41, 5.74) is 5.69. The third-order valence-electron chi connectivity index (χ3n) is 3.68. The van der Waals surface area contributed by atoms with E-state index in [9.17, 15) is 14.4 Å². The molecule has 2 aromatic rings. The topological polar surface area (TPSA) is 117 Å². The van der Waals surface area contributed by atoms with Gasteiger partial charge in [-0.3, -0.25) is 14.4 Å². The maximum absolute atomic E-state index is 11.9. The molecule has 0 spiro atoms. The van der Waals surface area contributed by atoms with E-state index in [0.29, 0.717) is 18.8 Å². The second-order valence-electron chi connectivity index (χ2n) is 5.75. The lowest BCUT2D eigenvalue weighted by Crippen LogP contribution is -2.23. The fourth-order valence-corrected chi connectivity index (χ4v) is 2.29. The van der Waals surface area contributed by atoms with Gasteiger partial charge in [0.25, 0.3) is 11.8 Å². The summed E-state index contributed by atoms with van der Waals surface area (Å²) in [6.45, 7) is -0.120. The first kappa shape index (κ1) is 20.8. The lowest BCUT2D eigenvalue weighted by atomic mass is 10.1. The molecule has 0 atom stereocenters. The highest BCUT2D eigenvalue weighted by Gasteiger charge is 2.12. The largest absolute Gasteiger partial charge is 0.497 e. The Morgan fingerprint density at radius 2 is 1.68 bits per heavy atom. The van der Waals surface area contributed by atoms with Gasteiger partial charge >= 0.3 is 5.97 Å². The molecule has 0 saturated carbocycles. The van der Waals surface area contributed by atoms with Gasteiger partial charge in [-0.2, -0.15) is 0 Å². The summed E-state index contributed by atoms with van der Waals surface area (Å²) in [4.78, 5) is 34.9. The highest BCUT2D eigenvalue weighted by Crippen LogP contribution is 2.17. The number of methoxy groups -OCH3 is 1. The van der Waals surface area contributed by atoms with Crippen molar-refractivity contribution in [2.24, 2.45) is 5.73 Å². The van der Waals surface area contributed by atoms with Crippen molar-refractivity contribution in [1.29, 1.82) is 0 Å². The van der Waals surface area contributed by atoms with Crippen LogP contribution in [0.3, 0.4) is 0 Å². The predicted octanol–water partition coefficient (Wildman–Crippen LogP) is 2.13. The molecule has 3 N–H and O–H groups in total. The van der Waals surface area contributed by atoms with Crippen molar-refractivity contribution in [3.63, 3.8) is 0 Å². The lowest BCUT2D eigenvalue weighted by Gasteiger charge is -2.09. The average Bonchev–Trinajstić information content (AvgIpc) is 2.70. The number of esters is 1. The summed E-state index contributed by atoms with van der Waals surface area (Å²) < 4.78 is 15.5. The van der Waals surface area contributed by atoms with Crippen LogP contribution in [0.2, 0.25) is 0 Å². The van der Waals surface area contributed by atoms with Crippen LogP contribution in [0.25, 0.3) is 0 Å². The van der Waals surface area contributed by atoms with Gasteiger partial charge in [0.1, 0.15) is 11.5 Å². The van der Waals surface area contributed by atoms with E-state index >= 15 is 0 Å². The molecule has 0 aromatic heterocycles. The van der Waals surface area contributed by atoms with E-state index in [4.69, 9.17) is 19.9 Å². The Morgan fingerprint density at radius 3 is 2.36 bits per heavy atom. The van der Waals surface area contributed by atoms with Crippen molar-refractivity contribution >= 4 is 23.5 Å². The van der Waals surface area contributed by atoms with Crippen LogP contribution in [0.5, 0.6) is 11.5 Å². The van der Waals surface area contributed by atoms with Crippen molar-refractivity contribution in [2.75, 3.05) is 25.6 Å². The second kappa shape index (κ2) is 10.6. The van der Waals surface area contributed by atoms with Gasteiger partial charge in [-0.15, -0.1) is 0 Å². The van der Waals surface area contributed by atoms with Crippen LogP contribution < -0.4 is 20.5 Å². The van der Waals surface area contributed by atoms with Crippen LogP contribution in [0.15, 0.2) is 48.5 Å². The molecular weight excluding hydrogens is 364 g/mol. The highest BCUT2D eigenvalue weighted by atomic mass is 16.5.